The van der Waals surface area contributed by atoms with E-state index in [2.05, 4.69) is 14.4 Å². The van der Waals surface area contributed by atoms with Crippen LogP contribution in [0.2, 0.25) is 0 Å². The predicted molar refractivity (Wildman–Crippen MR) is 78.5 cm³/mol. The van der Waals surface area contributed by atoms with Crippen LogP contribution in [-0.4, -0.2) is 43.6 Å². The van der Waals surface area contributed by atoms with Gasteiger partial charge >= 0.3 is 6.09 Å². The topological polar surface area (TPSA) is 70.7 Å². The number of aromatic nitrogens is 3. The minimum absolute atomic E-state index is 0.133. The maximum atomic E-state index is 11.0. The third-order valence-electron chi connectivity index (χ3n) is 4.59. The van der Waals surface area contributed by atoms with E-state index in [4.69, 9.17) is 5.11 Å². The van der Waals surface area contributed by atoms with Crippen molar-refractivity contribution in [3.05, 3.63) is 30.1 Å². The Labute approximate surface area is 123 Å². The summed E-state index contributed by atoms with van der Waals surface area (Å²) in [5.41, 5.74) is 2.04. The van der Waals surface area contributed by atoms with Crippen LogP contribution in [0.15, 0.2) is 18.6 Å². The van der Waals surface area contributed by atoms with Gasteiger partial charge in [-0.2, -0.15) is 0 Å². The van der Waals surface area contributed by atoms with Gasteiger partial charge in [0.2, 0.25) is 0 Å². The van der Waals surface area contributed by atoms with Crippen LogP contribution in [0.25, 0.3) is 5.52 Å². The maximum absolute atomic E-state index is 11.0. The van der Waals surface area contributed by atoms with E-state index in [0.29, 0.717) is 5.92 Å². The Kier molecular flexibility index (Phi) is 3.53. The normalized spacial score (nSPS) is 22.4. The Balaban J connectivity index is 1.77. The minimum Gasteiger partial charge on any atom is -0.465 e. The molecule has 1 amide bonds. The molecule has 0 aromatic carbocycles. The molecule has 0 radical (unpaired) electrons. The number of nitrogens with zero attached hydrogens (tertiary/aromatic N) is 4. The molecule has 3 rings (SSSR count). The molecule has 1 saturated carbocycles. The fourth-order valence-electron chi connectivity index (χ4n) is 3.26. The number of aryl methyl sites for hydroxylation is 1. The highest BCUT2D eigenvalue weighted by atomic mass is 16.4. The molecule has 21 heavy (non-hydrogen) atoms. The van der Waals surface area contributed by atoms with Crippen molar-refractivity contribution in [3.63, 3.8) is 0 Å². The summed E-state index contributed by atoms with van der Waals surface area (Å²) >= 11 is 0. The first-order chi connectivity index (χ1) is 10.1. The molecule has 0 aliphatic heterocycles. The lowest BCUT2D eigenvalue weighted by atomic mass is 9.85. The first-order valence-electron chi connectivity index (χ1n) is 7.32. The summed E-state index contributed by atoms with van der Waals surface area (Å²) < 4.78 is 2.12. The largest absolute Gasteiger partial charge is 0.465 e. The zero-order chi connectivity index (χ0) is 15.0. The van der Waals surface area contributed by atoms with E-state index in [0.717, 1.165) is 42.7 Å². The lowest BCUT2D eigenvalue weighted by Crippen LogP contribution is -2.38. The fourth-order valence-corrected chi connectivity index (χ4v) is 3.26. The smallest absolute Gasteiger partial charge is 0.407 e. The lowest BCUT2D eigenvalue weighted by molar-refractivity contribution is 0.123. The van der Waals surface area contributed by atoms with Crippen LogP contribution in [-0.2, 0) is 0 Å². The molecular formula is C15H20N4O2. The van der Waals surface area contributed by atoms with Gasteiger partial charge in [-0.15, -0.1) is 0 Å². The summed E-state index contributed by atoms with van der Waals surface area (Å²) in [5, 5.41) is 9.06. The van der Waals surface area contributed by atoms with Crippen LogP contribution in [0.5, 0.6) is 0 Å². The molecule has 1 fully saturated rings. The van der Waals surface area contributed by atoms with Gasteiger partial charge in [0.05, 0.1) is 17.4 Å². The quantitative estimate of drug-likeness (QED) is 0.922. The molecule has 0 saturated heterocycles. The van der Waals surface area contributed by atoms with Gasteiger partial charge in [0, 0.05) is 31.4 Å². The van der Waals surface area contributed by atoms with Crippen molar-refractivity contribution in [2.45, 2.75) is 44.6 Å². The summed E-state index contributed by atoms with van der Waals surface area (Å²) in [7, 11) is 1.66. The van der Waals surface area contributed by atoms with Crippen LogP contribution < -0.4 is 0 Å². The molecule has 2 heterocycles. The SMILES string of the molecule is Cc1nccn2c1cnc2[C@H]1CC[C@H](N(C)C(=O)O)CC1. The zero-order valence-electron chi connectivity index (χ0n) is 12.4. The molecule has 0 atom stereocenters. The highest BCUT2D eigenvalue weighted by Gasteiger charge is 2.29. The number of imidazole rings is 1. The number of carbonyl (C=O) groups is 1. The van der Waals surface area contributed by atoms with Gasteiger partial charge < -0.3 is 14.4 Å². The van der Waals surface area contributed by atoms with Crippen molar-refractivity contribution in [2.75, 3.05) is 7.05 Å². The summed E-state index contributed by atoms with van der Waals surface area (Å²) in [6, 6.07) is 0.133. The molecule has 1 aliphatic rings. The minimum atomic E-state index is -0.841. The molecule has 112 valence electrons. The van der Waals surface area contributed by atoms with Gasteiger partial charge in [0.1, 0.15) is 5.82 Å². The summed E-state index contributed by atoms with van der Waals surface area (Å²) in [6.45, 7) is 1.99. The highest BCUT2D eigenvalue weighted by Crippen LogP contribution is 2.34. The predicted octanol–water partition coefficient (Wildman–Crippen LogP) is 2.67. The zero-order valence-corrected chi connectivity index (χ0v) is 12.4. The first kappa shape index (κ1) is 13.9. The van der Waals surface area contributed by atoms with E-state index in [9.17, 15) is 4.79 Å². The second-order valence-corrected chi connectivity index (χ2v) is 5.78. The van der Waals surface area contributed by atoms with Crippen LogP contribution in [0.3, 0.4) is 0 Å². The average molecular weight is 288 g/mol. The molecule has 1 aliphatic carbocycles. The molecule has 0 bridgehead atoms. The highest BCUT2D eigenvalue weighted by molar-refractivity contribution is 5.65. The summed E-state index contributed by atoms with van der Waals surface area (Å²) in [4.78, 5) is 21.3. The maximum Gasteiger partial charge on any atom is 0.407 e. The average Bonchev–Trinajstić information content (AvgIpc) is 2.92. The van der Waals surface area contributed by atoms with E-state index in [1.165, 1.54) is 4.90 Å². The third kappa shape index (κ3) is 2.46. The number of hydrogen-bond acceptors (Lipinski definition) is 3. The molecule has 0 spiro atoms. The second-order valence-electron chi connectivity index (χ2n) is 5.78. The van der Waals surface area contributed by atoms with Gasteiger partial charge in [-0.1, -0.05) is 0 Å². The number of amides is 1. The number of fused-ring (bicyclic) bond motifs is 1. The number of rotatable bonds is 2. The van der Waals surface area contributed by atoms with Crippen molar-refractivity contribution in [1.29, 1.82) is 0 Å². The standard InChI is InChI=1S/C15H20N4O2/c1-10-13-9-17-14(19(13)8-7-16-10)11-3-5-12(6-4-11)18(2)15(20)21/h7-9,11-12H,3-6H2,1-2H3,(H,20,21)/t11-,12-. The van der Waals surface area contributed by atoms with Crippen molar-refractivity contribution < 1.29 is 9.90 Å². The second kappa shape index (κ2) is 5.35. The van der Waals surface area contributed by atoms with Crippen LogP contribution in [0.4, 0.5) is 4.79 Å². The van der Waals surface area contributed by atoms with Crippen LogP contribution >= 0.6 is 0 Å². The van der Waals surface area contributed by atoms with Crippen molar-refractivity contribution in [3.8, 4) is 0 Å². The Morgan fingerprint density at radius 1 is 1.33 bits per heavy atom. The number of carboxylic acid groups (broad SMARTS) is 1. The molecule has 0 unspecified atom stereocenters. The van der Waals surface area contributed by atoms with E-state index >= 15 is 0 Å². The van der Waals surface area contributed by atoms with Gasteiger partial charge in [0.25, 0.3) is 0 Å². The molecule has 6 heteroatoms. The van der Waals surface area contributed by atoms with E-state index in [1.807, 2.05) is 19.3 Å². The Morgan fingerprint density at radius 3 is 2.71 bits per heavy atom. The van der Waals surface area contributed by atoms with Crippen molar-refractivity contribution >= 4 is 11.6 Å². The van der Waals surface area contributed by atoms with Crippen molar-refractivity contribution in [2.24, 2.45) is 0 Å². The van der Waals surface area contributed by atoms with Crippen LogP contribution in [0.1, 0.15) is 43.1 Å². The fraction of sp³-hybridized carbons (Fsp3) is 0.533. The Hall–Kier alpha value is -2.11. The third-order valence-corrected chi connectivity index (χ3v) is 4.59. The van der Waals surface area contributed by atoms with Gasteiger partial charge in [-0.25, -0.2) is 9.78 Å². The van der Waals surface area contributed by atoms with Gasteiger partial charge in [0.15, 0.2) is 0 Å². The van der Waals surface area contributed by atoms with Crippen LogP contribution in [0, 0.1) is 6.92 Å². The summed E-state index contributed by atoms with van der Waals surface area (Å²) in [6.07, 6.45) is 8.54. The molecule has 2 aromatic heterocycles. The van der Waals surface area contributed by atoms with E-state index in [1.54, 1.807) is 13.2 Å². The van der Waals surface area contributed by atoms with Gasteiger partial charge in [-0.05, 0) is 32.6 Å². The lowest BCUT2D eigenvalue weighted by Gasteiger charge is -2.32. The Bertz CT molecular complexity index is 659. The molecule has 6 nitrogen and oxygen atoms in total. The molecule has 2 aromatic rings. The van der Waals surface area contributed by atoms with E-state index < -0.39 is 6.09 Å². The van der Waals surface area contributed by atoms with Gasteiger partial charge in [-0.3, -0.25) is 4.98 Å². The Morgan fingerprint density at radius 2 is 2.05 bits per heavy atom. The number of hydrogen-bond donors (Lipinski definition) is 1. The first-order valence-corrected chi connectivity index (χ1v) is 7.32. The monoisotopic (exact) mass is 288 g/mol. The summed E-state index contributed by atoms with van der Waals surface area (Å²) in [5.74, 6) is 1.47. The van der Waals surface area contributed by atoms with Crippen molar-refractivity contribution in [1.82, 2.24) is 19.3 Å². The molecular weight excluding hydrogens is 268 g/mol. The molecule has 1 N–H and O–H groups in total. The van der Waals surface area contributed by atoms with E-state index in [-0.39, 0.29) is 6.04 Å².